The van der Waals surface area contributed by atoms with Gasteiger partial charge in [0.1, 0.15) is 5.82 Å². The van der Waals surface area contributed by atoms with Crippen LogP contribution in [-0.2, 0) is 4.79 Å². The minimum Gasteiger partial charge on any atom is -0.326 e. The van der Waals surface area contributed by atoms with Crippen LogP contribution >= 0.6 is 15.9 Å². The molecular weight excluding hydrogens is 246 g/mol. The molecule has 4 nitrogen and oxygen atoms in total. The molecule has 1 saturated heterocycles. The van der Waals surface area contributed by atoms with E-state index in [1.165, 1.54) is 0 Å². The number of pyridine rings is 1. The van der Waals surface area contributed by atoms with Crippen LogP contribution in [0.2, 0.25) is 0 Å². The van der Waals surface area contributed by atoms with Gasteiger partial charge in [0, 0.05) is 25.2 Å². The Morgan fingerprint density at radius 2 is 2.43 bits per heavy atom. The van der Waals surface area contributed by atoms with Gasteiger partial charge < -0.3 is 5.73 Å². The van der Waals surface area contributed by atoms with Crippen LogP contribution in [0.25, 0.3) is 0 Å². The molecular formula is C9H10BrN3O. The standard InChI is InChI=1S/C9H10BrN3O/c10-7-2-1-3-12-9(7)13-5-6(11)4-8(13)14/h1-3,6H,4-5,11H2. The van der Waals surface area contributed by atoms with Gasteiger partial charge in [0.2, 0.25) is 5.91 Å². The van der Waals surface area contributed by atoms with Crippen LogP contribution in [0.1, 0.15) is 6.42 Å². The van der Waals surface area contributed by atoms with Crippen LogP contribution in [0.3, 0.4) is 0 Å². The quantitative estimate of drug-likeness (QED) is 0.812. The van der Waals surface area contributed by atoms with E-state index in [-0.39, 0.29) is 11.9 Å². The fourth-order valence-electron chi connectivity index (χ4n) is 1.52. The normalized spacial score (nSPS) is 21.7. The second-order valence-electron chi connectivity index (χ2n) is 3.28. The van der Waals surface area contributed by atoms with Gasteiger partial charge >= 0.3 is 0 Å². The van der Waals surface area contributed by atoms with Crippen molar-refractivity contribution in [3.05, 3.63) is 22.8 Å². The van der Waals surface area contributed by atoms with Gasteiger partial charge in [-0.3, -0.25) is 9.69 Å². The second-order valence-corrected chi connectivity index (χ2v) is 4.13. The van der Waals surface area contributed by atoms with Crippen molar-refractivity contribution >= 4 is 27.7 Å². The van der Waals surface area contributed by atoms with E-state index >= 15 is 0 Å². The second kappa shape index (κ2) is 3.67. The maximum Gasteiger partial charge on any atom is 0.229 e. The van der Waals surface area contributed by atoms with Crippen molar-refractivity contribution in [1.82, 2.24) is 4.98 Å². The lowest BCUT2D eigenvalue weighted by Crippen LogP contribution is -2.28. The first-order chi connectivity index (χ1) is 6.68. The largest absolute Gasteiger partial charge is 0.326 e. The van der Waals surface area contributed by atoms with Gasteiger partial charge in [0.15, 0.2) is 0 Å². The summed E-state index contributed by atoms with van der Waals surface area (Å²) in [5.41, 5.74) is 5.70. The predicted molar refractivity (Wildman–Crippen MR) is 56.9 cm³/mol. The van der Waals surface area contributed by atoms with Crippen molar-refractivity contribution in [2.75, 3.05) is 11.4 Å². The molecule has 1 aliphatic heterocycles. The molecule has 2 rings (SSSR count). The summed E-state index contributed by atoms with van der Waals surface area (Å²) in [4.78, 5) is 17.3. The Kier molecular flexibility index (Phi) is 2.52. The predicted octanol–water partition coefficient (Wildman–Crippen LogP) is 0.908. The maximum atomic E-state index is 11.5. The molecule has 0 saturated carbocycles. The van der Waals surface area contributed by atoms with Gasteiger partial charge in [-0.2, -0.15) is 0 Å². The molecule has 0 aliphatic carbocycles. The van der Waals surface area contributed by atoms with Crippen molar-refractivity contribution in [3.63, 3.8) is 0 Å². The van der Waals surface area contributed by atoms with Crippen LogP contribution in [0, 0.1) is 0 Å². The monoisotopic (exact) mass is 255 g/mol. The summed E-state index contributed by atoms with van der Waals surface area (Å²) in [6.07, 6.45) is 2.07. The lowest BCUT2D eigenvalue weighted by Gasteiger charge is -2.15. The number of halogens is 1. The minimum atomic E-state index is -0.0728. The molecule has 1 aromatic rings. The van der Waals surface area contributed by atoms with E-state index in [0.717, 1.165) is 4.47 Å². The van der Waals surface area contributed by atoms with Crippen molar-refractivity contribution in [3.8, 4) is 0 Å². The van der Waals surface area contributed by atoms with E-state index in [9.17, 15) is 4.79 Å². The Morgan fingerprint density at radius 1 is 1.64 bits per heavy atom. The van der Waals surface area contributed by atoms with Crippen LogP contribution in [0.15, 0.2) is 22.8 Å². The fraction of sp³-hybridized carbons (Fsp3) is 0.333. The summed E-state index contributed by atoms with van der Waals surface area (Å²) in [6, 6.07) is 3.60. The van der Waals surface area contributed by atoms with Gasteiger partial charge in [-0.15, -0.1) is 0 Å². The third-order valence-corrected chi connectivity index (χ3v) is 2.77. The van der Waals surface area contributed by atoms with Crippen molar-refractivity contribution in [2.24, 2.45) is 5.73 Å². The average molecular weight is 256 g/mol. The highest BCUT2D eigenvalue weighted by Crippen LogP contribution is 2.26. The third kappa shape index (κ3) is 1.65. The first-order valence-corrected chi connectivity index (χ1v) is 5.14. The Bertz CT molecular complexity index is 369. The summed E-state index contributed by atoms with van der Waals surface area (Å²) < 4.78 is 0.822. The molecule has 1 atom stereocenters. The summed E-state index contributed by atoms with van der Waals surface area (Å²) in [5.74, 6) is 0.697. The molecule has 14 heavy (non-hydrogen) atoms. The summed E-state index contributed by atoms with van der Waals surface area (Å²) >= 11 is 3.36. The zero-order valence-electron chi connectivity index (χ0n) is 7.48. The van der Waals surface area contributed by atoms with Gasteiger partial charge in [-0.1, -0.05) is 0 Å². The molecule has 0 bridgehead atoms. The van der Waals surface area contributed by atoms with Crippen LogP contribution in [0.4, 0.5) is 5.82 Å². The molecule has 1 aliphatic rings. The highest BCUT2D eigenvalue weighted by molar-refractivity contribution is 9.10. The maximum absolute atomic E-state index is 11.5. The van der Waals surface area contributed by atoms with Crippen LogP contribution in [-0.4, -0.2) is 23.5 Å². The number of carbonyl (C=O) groups is 1. The third-order valence-electron chi connectivity index (χ3n) is 2.15. The lowest BCUT2D eigenvalue weighted by molar-refractivity contribution is -0.117. The van der Waals surface area contributed by atoms with Gasteiger partial charge in [0.25, 0.3) is 0 Å². The number of hydrogen-bond acceptors (Lipinski definition) is 3. The molecule has 0 aromatic carbocycles. The van der Waals surface area contributed by atoms with Crippen molar-refractivity contribution in [2.45, 2.75) is 12.5 Å². The first-order valence-electron chi connectivity index (χ1n) is 4.35. The Labute approximate surface area is 90.2 Å². The highest BCUT2D eigenvalue weighted by Gasteiger charge is 2.29. The van der Waals surface area contributed by atoms with Gasteiger partial charge in [-0.05, 0) is 28.1 Å². The molecule has 2 heterocycles. The average Bonchev–Trinajstić information content (AvgIpc) is 2.46. The van der Waals surface area contributed by atoms with Crippen molar-refractivity contribution in [1.29, 1.82) is 0 Å². The molecule has 2 N–H and O–H groups in total. The number of nitrogens with two attached hydrogens (primary N) is 1. The molecule has 1 fully saturated rings. The topological polar surface area (TPSA) is 59.2 Å². The zero-order valence-corrected chi connectivity index (χ0v) is 9.07. The minimum absolute atomic E-state index is 0.0388. The number of carbonyl (C=O) groups excluding carboxylic acids is 1. The SMILES string of the molecule is NC1CC(=O)N(c2ncccc2Br)C1. The summed E-state index contributed by atoms with van der Waals surface area (Å²) in [6.45, 7) is 0.550. The number of anilines is 1. The Balaban J connectivity index is 2.32. The van der Waals surface area contributed by atoms with Crippen molar-refractivity contribution < 1.29 is 4.79 Å². The zero-order chi connectivity index (χ0) is 10.1. The molecule has 1 amide bonds. The molecule has 1 unspecified atom stereocenters. The number of aromatic nitrogens is 1. The molecule has 0 spiro atoms. The smallest absolute Gasteiger partial charge is 0.229 e. The van der Waals surface area contributed by atoms with E-state index < -0.39 is 0 Å². The van der Waals surface area contributed by atoms with E-state index in [4.69, 9.17) is 5.73 Å². The molecule has 5 heteroatoms. The Morgan fingerprint density at radius 3 is 3.00 bits per heavy atom. The van der Waals surface area contributed by atoms with E-state index in [1.54, 1.807) is 11.1 Å². The van der Waals surface area contributed by atoms with E-state index in [1.807, 2.05) is 12.1 Å². The van der Waals surface area contributed by atoms with E-state index in [2.05, 4.69) is 20.9 Å². The highest BCUT2D eigenvalue weighted by atomic mass is 79.9. The number of nitrogens with zero attached hydrogens (tertiary/aromatic N) is 2. The van der Waals surface area contributed by atoms with Crippen LogP contribution < -0.4 is 10.6 Å². The fourth-order valence-corrected chi connectivity index (χ4v) is 1.98. The molecule has 0 radical (unpaired) electrons. The first kappa shape index (κ1) is 9.61. The van der Waals surface area contributed by atoms with Gasteiger partial charge in [0.05, 0.1) is 4.47 Å². The Hall–Kier alpha value is -0.940. The lowest BCUT2D eigenvalue weighted by atomic mass is 10.3. The number of hydrogen-bond donors (Lipinski definition) is 1. The van der Waals surface area contributed by atoms with Gasteiger partial charge in [-0.25, -0.2) is 4.98 Å². The summed E-state index contributed by atoms with van der Waals surface area (Å²) in [7, 11) is 0. The molecule has 74 valence electrons. The van der Waals surface area contributed by atoms with Crippen LogP contribution in [0.5, 0.6) is 0 Å². The molecule has 1 aromatic heterocycles. The summed E-state index contributed by atoms with van der Waals surface area (Å²) in [5, 5.41) is 0. The van der Waals surface area contributed by atoms with E-state index in [0.29, 0.717) is 18.8 Å². The number of rotatable bonds is 1. The number of amides is 1.